The molecular weight excluding hydrogens is 414 g/mol. The van der Waals surface area contributed by atoms with Crippen molar-refractivity contribution in [3.05, 3.63) is 88.9 Å². The Kier molecular flexibility index (Phi) is 5.60. The molecule has 1 N–H and O–H groups in total. The second kappa shape index (κ2) is 8.86. The lowest BCUT2D eigenvalue weighted by molar-refractivity contribution is 0.0950. The number of hydrogen-bond donors (Lipinski definition) is 1. The van der Waals surface area contributed by atoms with Crippen LogP contribution >= 0.6 is 0 Å². The van der Waals surface area contributed by atoms with Crippen LogP contribution in [-0.2, 0) is 19.4 Å². The number of nitrogens with one attached hydrogen (secondary N) is 1. The monoisotopic (exact) mass is 439 g/mol. The Morgan fingerprint density at radius 3 is 2.67 bits per heavy atom. The summed E-state index contributed by atoms with van der Waals surface area (Å²) in [6.45, 7) is 2.28. The molecule has 166 valence electrons. The average Bonchev–Trinajstić information content (AvgIpc) is 3.14. The molecule has 1 aliphatic rings. The molecule has 0 radical (unpaired) electrons. The van der Waals surface area contributed by atoms with Crippen LogP contribution in [0.2, 0.25) is 0 Å². The van der Waals surface area contributed by atoms with Crippen LogP contribution in [0.4, 0.5) is 0 Å². The smallest absolute Gasteiger partial charge is 0.255 e. The van der Waals surface area contributed by atoms with Gasteiger partial charge in [0.25, 0.3) is 11.9 Å². The molecule has 2 aromatic heterocycles. The molecule has 7 nitrogen and oxygen atoms in total. The summed E-state index contributed by atoms with van der Waals surface area (Å²) in [5, 5.41) is 7.38. The van der Waals surface area contributed by atoms with Crippen LogP contribution in [0.5, 0.6) is 5.75 Å². The number of carbonyl (C=O) groups excluding carboxylic acids is 1. The number of rotatable bonds is 5. The molecule has 2 aromatic carbocycles. The summed E-state index contributed by atoms with van der Waals surface area (Å²) in [6.07, 6.45) is 6.51. The van der Waals surface area contributed by atoms with Gasteiger partial charge < -0.3 is 10.1 Å². The summed E-state index contributed by atoms with van der Waals surface area (Å²) in [6, 6.07) is 16.0. The molecule has 0 saturated heterocycles. The van der Waals surface area contributed by atoms with Gasteiger partial charge in [-0.05, 0) is 55.0 Å². The lowest BCUT2D eigenvalue weighted by atomic mass is 10.0. The predicted octanol–water partition coefficient (Wildman–Crippen LogP) is 4.07. The van der Waals surface area contributed by atoms with Crippen molar-refractivity contribution >= 4 is 5.91 Å². The highest BCUT2D eigenvalue weighted by Gasteiger charge is 2.20. The molecule has 1 amide bonds. The van der Waals surface area contributed by atoms with Gasteiger partial charge in [-0.15, -0.1) is 0 Å². The Balaban J connectivity index is 1.39. The average molecular weight is 440 g/mol. The molecule has 0 aliphatic heterocycles. The van der Waals surface area contributed by atoms with E-state index in [0.717, 1.165) is 47.4 Å². The minimum Gasteiger partial charge on any atom is -0.497 e. The number of methoxy groups -OCH3 is 1. The molecular formula is C26H25N5O2. The highest BCUT2D eigenvalue weighted by atomic mass is 16.5. The minimum absolute atomic E-state index is 0.185. The number of fused-ring (bicyclic) bond motifs is 3. The van der Waals surface area contributed by atoms with E-state index in [1.165, 1.54) is 5.56 Å². The Morgan fingerprint density at radius 2 is 1.85 bits per heavy atom. The van der Waals surface area contributed by atoms with Crippen LogP contribution in [0.15, 0.2) is 60.9 Å². The van der Waals surface area contributed by atoms with Crippen LogP contribution in [0.3, 0.4) is 0 Å². The minimum atomic E-state index is -0.185. The van der Waals surface area contributed by atoms with Crippen molar-refractivity contribution in [1.29, 1.82) is 0 Å². The fourth-order valence-electron chi connectivity index (χ4n) is 4.21. The number of aryl methyl sites for hydroxylation is 2. The molecule has 0 unspecified atom stereocenters. The first kappa shape index (κ1) is 20.9. The van der Waals surface area contributed by atoms with E-state index in [0.29, 0.717) is 23.8 Å². The van der Waals surface area contributed by atoms with E-state index in [1.54, 1.807) is 18.0 Å². The Labute approximate surface area is 192 Å². The number of amides is 1. The number of aromatic nitrogens is 4. The summed E-state index contributed by atoms with van der Waals surface area (Å²) in [5.74, 6) is 1.07. The number of carbonyl (C=O) groups is 1. The highest BCUT2D eigenvalue weighted by Crippen LogP contribution is 2.31. The second-order valence-electron chi connectivity index (χ2n) is 8.14. The third-order valence-electron chi connectivity index (χ3n) is 6.07. The number of benzene rings is 2. The summed E-state index contributed by atoms with van der Waals surface area (Å²) in [7, 11) is 1.63. The molecule has 1 aliphatic carbocycles. The third kappa shape index (κ3) is 4.09. The topological polar surface area (TPSA) is 81.9 Å². The van der Waals surface area contributed by atoms with Crippen molar-refractivity contribution in [3.8, 4) is 23.0 Å². The van der Waals surface area contributed by atoms with Gasteiger partial charge in [-0.1, -0.05) is 36.4 Å². The number of nitrogens with zero attached hydrogens (tertiary/aromatic N) is 4. The van der Waals surface area contributed by atoms with Gasteiger partial charge >= 0.3 is 0 Å². The normalized spacial score (nSPS) is 12.4. The van der Waals surface area contributed by atoms with Crippen molar-refractivity contribution in [2.75, 3.05) is 7.11 Å². The van der Waals surface area contributed by atoms with E-state index >= 15 is 0 Å². The molecule has 0 bridgehead atoms. The van der Waals surface area contributed by atoms with Crippen LogP contribution in [0.25, 0.3) is 17.2 Å². The molecule has 4 aromatic rings. The van der Waals surface area contributed by atoms with E-state index in [1.807, 2.05) is 43.5 Å². The first-order valence-corrected chi connectivity index (χ1v) is 11.0. The maximum Gasteiger partial charge on any atom is 0.255 e. The molecule has 0 spiro atoms. The molecule has 0 atom stereocenters. The maximum atomic E-state index is 12.8. The number of hydrogen-bond acceptors (Lipinski definition) is 5. The molecule has 7 heteroatoms. The molecule has 0 fully saturated rings. The van der Waals surface area contributed by atoms with Crippen molar-refractivity contribution in [3.63, 3.8) is 0 Å². The fraction of sp³-hybridized carbons (Fsp3) is 0.231. The Bertz CT molecular complexity index is 1310. The standard InChI is InChI=1S/C26H25N5O2/c1-17-23(25(32)27-14-18-10-12-21(33-2)13-11-18)16-29-31(17)26-28-15-20-8-5-7-19-6-3-4-9-22(19)24(20)30-26/h3-4,6,9-13,15-16H,5,7-8,14H2,1-2H3,(H,27,32). The Morgan fingerprint density at radius 1 is 1.06 bits per heavy atom. The van der Waals surface area contributed by atoms with Crippen LogP contribution < -0.4 is 10.1 Å². The zero-order valence-electron chi connectivity index (χ0n) is 18.7. The molecule has 5 rings (SSSR count). The summed E-state index contributed by atoms with van der Waals surface area (Å²) in [4.78, 5) is 22.3. The van der Waals surface area contributed by atoms with Gasteiger partial charge in [0.2, 0.25) is 0 Å². The number of ether oxygens (including phenoxy) is 1. The quantitative estimate of drug-likeness (QED) is 0.507. The van der Waals surface area contributed by atoms with E-state index in [4.69, 9.17) is 9.72 Å². The van der Waals surface area contributed by atoms with Crippen LogP contribution in [0.1, 0.15) is 39.2 Å². The van der Waals surface area contributed by atoms with Gasteiger partial charge in [-0.3, -0.25) is 4.79 Å². The van der Waals surface area contributed by atoms with Gasteiger partial charge in [0.15, 0.2) is 0 Å². The van der Waals surface area contributed by atoms with Crippen molar-refractivity contribution in [2.45, 2.75) is 32.7 Å². The summed E-state index contributed by atoms with van der Waals surface area (Å²) < 4.78 is 6.81. The van der Waals surface area contributed by atoms with Crippen molar-refractivity contribution in [2.24, 2.45) is 0 Å². The largest absolute Gasteiger partial charge is 0.497 e. The highest BCUT2D eigenvalue weighted by molar-refractivity contribution is 5.95. The van der Waals surface area contributed by atoms with Crippen molar-refractivity contribution < 1.29 is 9.53 Å². The zero-order chi connectivity index (χ0) is 22.8. The first-order valence-electron chi connectivity index (χ1n) is 11.0. The van der Waals surface area contributed by atoms with Gasteiger partial charge in [0.1, 0.15) is 5.75 Å². The third-order valence-corrected chi connectivity index (χ3v) is 6.07. The van der Waals surface area contributed by atoms with Gasteiger partial charge in [-0.25, -0.2) is 14.6 Å². The summed E-state index contributed by atoms with van der Waals surface area (Å²) >= 11 is 0. The predicted molar refractivity (Wildman–Crippen MR) is 126 cm³/mol. The Hall–Kier alpha value is -4.00. The van der Waals surface area contributed by atoms with Gasteiger partial charge in [0.05, 0.1) is 30.3 Å². The molecule has 33 heavy (non-hydrogen) atoms. The van der Waals surface area contributed by atoms with Crippen LogP contribution in [0, 0.1) is 6.92 Å². The van der Waals surface area contributed by atoms with E-state index in [-0.39, 0.29) is 5.91 Å². The van der Waals surface area contributed by atoms with Crippen molar-refractivity contribution in [1.82, 2.24) is 25.1 Å². The van der Waals surface area contributed by atoms with Gasteiger partial charge in [-0.2, -0.15) is 5.10 Å². The second-order valence-corrected chi connectivity index (χ2v) is 8.14. The molecule has 0 saturated carbocycles. The van der Waals surface area contributed by atoms with Crippen LogP contribution in [-0.4, -0.2) is 32.8 Å². The van der Waals surface area contributed by atoms with E-state index in [2.05, 4.69) is 33.6 Å². The lowest BCUT2D eigenvalue weighted by Gasteiger charge is -2.11. The molecule has 2 heterocycles. The van der Waals surface area contributed by atoms with E-state index < -0.39 is 0 Å². The lowest BCUT2D eigenvalue weighted by Crippen LogP contribution is -2.23. The SMILES string of the molecule is COc1ccc(CNC(=O)c2cnn(-c3ncc4c(n3)-c3ccccc3CCC4)c2C)cc1. The first-order chi connectivity index (χ1) is 16.1. The maximum absolute atomic E-state index is 12.8. The van der Waals surface area contributed by atoms with E-state index in [9.17, 15) is 4.79 Å². The van der Waals surface area contributed by atoms with Gasteiger partial charge in [0, 0.05) is 18.3 Å². The summed E-state index contributed by atoms with van der Waals surface area (Å²) in [5.41, 5.74) is 6.74. The fourth-order valence-corrected chi connectivity index (χ4v) is 4.21. The zero-order valence-corrected chi connectivity index (χ0v) is 18.7.